The Labute approximate surface area is 226 Å². The van der Waals surface area contributed by atoms with Crippen molar-refractivity contribution in [2.24, 2.45) is 5.73 Å². The predicted octanol–water partition coefficient (Wildman–Crippen LogP) is 4.47. The number of aromatic nitrogens is 4. The Bertz CT molecular complexity index is 1570. The van der Waals surface area contributed by atoms with E-state index in [0.717, 1.165) is 28.9 Å². The molecule has 0 bridgehead atoms. The highest BCUT2D eigenvalue weighted by Crippen LogP contribution is 2.23. The highest BCUT2D eigenvalue weighted by molar-refractivity contribution is 5.83. The van der Waals surface area contributed by atoms with Gasteiger partial charge in [0.2, 0.25) is 5.91 Å². The second kappa shape index (κ2) is 11.6. The summed E-state index contributed by atoms with van der Waals surface area (Å²) in [4.78, 5) is 26.6. The van der Waals surface area contributed by atoms with Gasteiger partial charge in [0.1, 0.15) is 11.6 Å². The van der Waals surface area contributed by atoms with Gasteiger partial charge in [-0.05, 0) is 47.7 Å². The number of amides is 2. The van der Waals surface area contributed by atoms with Crippen LogP contribution >= 0.6 is 0 Å². The zero-order valence-electron chi connectivity index (χ0n) is 21.6. The fourth-order valence-electron chi connectivity index (χ4n) is 4.81. The average Bonchev–Trinajstić information content (AvgIpc) is 3.52. The maximum Gasteiger partial charge on any atom is 0.409 e. The molecule has 0 aliphatic carbocycles. The summed E-state index contributed by atoms with van der Waals surface area (Å²) in [6.45, 7) is 1.99. The summed E-state index contributed by atoms with van der Waals surface area (Å²) in [5, 5.41) is 13.4. The van der Waals surface area contributed by atoms with Crippen LogP contribution in [0.1, 0.15) is 41.3 Å². The highest BCUT2D eigenvalue weighted by atomic mass is 16.5. The van der Waals surface area contributed by atoms with Gasteiger partial charge in [0.15, 0.2) is 5.82 Å². The molecule has 5 rings (SSSR count). The fraction of sp³-hybridized carbons (Fsp3) is 0.200. The van der Waals surface area contributed by atoms with Gasteiger partial charge in [0, 0.05) is 30.4 Å². The van der Waals surface area contributed by atoms with Crippen LogP contribution in [0, 0.1) is 0 Å². The number of fused-ring (bicyclic) bond motifs is 1. The third-order valence-electron chi connectivity index (χ3n) is 6.60. The van der Waals surface area contributed by atoms with Crippen molar-refractivity contribution < 1.29 is 14.3 Å². The van der Waals surface area contributed by atoms with Crippen molar-refractivity contribution in [3.63, 3.8) is 0 Å². The van der Waals surface area contributed by atoms with E-state index < -0.39 is 6.09 Å². The van der Waals surface area contributed by atoms with Gasteiger partial charge in [-0.3, -0.25) is 4.79 Å². The first-order valence-corrected chi connectivity index (χ1v) is 12.8. The van der Waals surface area contributed by atoms with Gasteiger partial charge in [-0.2, -0.15) is 0 Å². The Hall–Kier alpha value is -4.92. The lowest BCUT2D eigenvalue weighted by Crippen LogP contribution is -2.30. The van der Waals surface area contributed by atoms with Crippen molar-refractivity contribution in [2.75, 3.05) is 0 Å². The van der Waals surface area contributed by atoms with Crippen LogP contribution in [0.15, 0.2) is 85.1 Å². The number of primary amides is 1. The van der Waals surface area contributed by atoms with Crippen molar-refractivity contribution in [1.29, 1.82) is 0 Å². The van der Waals surface area contributed by atoms with Crippen LogP contribution < -0.4 is 15.8 Å². The monoisotopic (exact) mass is 522 g/mol. The number of nitrogens with zero attached hydrogens (tertiary/aromatic N) is 3. The van der Waals surface area contributed by atoms with E-state index in [-0.39, 0.29) is 11.9 Å². The average molecular weight is 523 g/mol. The summed E-state index contributed by atoms with van der Waals surface area (Å²) in [5.41, 5.74) is 9.49. The SMILES string of the molecule is CC(=O)N[C@H](Cc1ccccc1)c1nnc(CCc2c[nH]c3ccccc23)n1Cc1ccc(OC(N)=O)cc1. The summed E-state index contributed by atoms with van der Waals surface area (Å²) in [7, 11) is 0. The van der Waals surface area contributed by atoms with Crippen molar-refractivity contribution in [2.45, 2.75) is 38.8 Å². The maximum atomic E-state index is 12.2. The van der Waals surface area contributed by atoms with Crippen LogP contribution in [0.3, 0.4) is 0 Å². The molecule has 4 N–H and O–H groups in total. The molecular formula is C30H30N6O3. The Morgan fingerprint density at radius 2 is 1.69 bits per heavy atom. The molecule has 0 saturated heterocycles. The molecule has 0 radical (unpaired) electrons. The van der Waals surface area contributed by atoms with E-state index in [2.05, 4.69) is 37.2 Å². The molecule has 2 amide bonds. The lowest BCUT2D eigenvalue weighted by atomic mass is 10.0. The van der Waals surface area contributed by atoms with Crippen LogP contribution in [-0.2, 0) is 30.6 Å². The number of ether oxygens (including phenoxy) is 1. The molecule has 9 nitrogen and oxygen atoms in total. The van der Waals surface area contributed by atoms with Gasteiger partial charge < -0.3 is 25.3 Å². The maximum absolute atomic E-state index is 12.2. The minimum Gasteiger partial charge on any atom is -0.411 e. The van der Waals surface area contributed by atoms with Crippen LogP contribution in [0.4, 0.5) is 4.79 Å². The number of nitrogens with two attached hydrogens (primary N) is 1. The summed E-state index contributed by atoms with van der Waals surface area (Å²) in [5.74, 6) is 1.73. The lowest BCUT2D eigenvalue weighted by molar-refractivity contribution is -0.119. The molecule has 0 unspecified atom stereocenters. The van der Waals surface area contributed by atoms with Crippen molar-refractivity contribution in [1.82, 2.24) is 25.1 Å². The Morgan fingerprint density at radius 1 is 0.949 bits per heavy atom. The summed E-state index contributed by atoms with van der Waals surface area (Å²) >= 11 is 0. The van der Waals surface area contributed by atoms with Crippen LogP contribution in [-0.4, -0.2) is 31.7 Å². The Kier molecular flexibility index (Phi) is 7.68. The Morgan fingerprint density at radius 3 is 2.44 bits per heavy atom. The van der Waals surface area contributed by atoms with Crippen LogP contribution in [0.2, 0.25) is 0 Å². The molecule has 0 spiro atoms. The summed E-state index contributed by atoms with van der Waals surface area (Å²) in [6, 6.07) is 25.0. The number of nitrogens with one attached hydrogen (secondary N) is 2. The van der Waals surface area contributed by atoms with E-state index in [0.29, 0.717) is 31.0 Å². The molecule has 198 valence electrons. The highest BCUT2D eigenvalue weighted by Gasteiger charge is 2.23. The van der Waals surface area contributed by atoms with Gasteiger partial charge in [-0.15, -0.1) is 10.2 Å². The van der Waals surface area contributed by atoms with Gasteiger partial charge in [0.25, 0.3) is 0 Å². The molecular weight excluding hydrogens is 492 g/mol. The second-order valence-electron chi connectivity index (χ2n) is 9.43. The molecule has 5 aromatic rings. The predicted molar refractivity (Wildman–Crippen MR) is 148 cm³/mol. The van der Waals surface area contributed by atoms with Gasteiger partial charge >= 0.3 is 6.09 Å². The first-order chi connectivity index (χ1) is 19.0. The quantitative estimate of drug-likeness (QED) is 0.249. The third kappa shape index (κ3) is 6.32. The molecule has 0 saturated carbocycles. The smallest absolute Gasteiger partial charge is 0.409 e. The van der Waals surface area contributed by atoms with E-state index in [4.69, 9.17) is 10.5 Å². The molecule has 39 heavy (non-hydrogen) atoms. The zero-order valence-corrected chi connectivity index (χ0v) is 21.6. The van der Waals surface area contributed by atoms with E-state index in [1.54, 1.807) is 12.1 Å². The van der Waals surface area contributed by atoms with E-state index in [9.17, 15) is 9.59 Å². The van der Waals surface area contributed by atoms with Gasteiger partial charge in [-0.25, -0.2) is 4.79 Å². The first-order valence-electron chi connectivity index (χ1n) is 12.8. The fourth-order valence-corrected chi connectivity index (χ4v) is 4.81. The summed E-state index contributed by atoms with van der Waals surface area (Å²) in [6.07, 6.45) is 3.20. The summed E-state index contributed by atoms with van der Waals surface area (Å²) < 4.78 is 7.04. The molecule has 0 aliphatic rings. The molecule has 0 aliphatic heterocycles. The minimum absolute atomic E-state index is 0.140. The molecule has 9 heteroatoms. The van der Waals surface area contributed by atoms with E-state index in [1.807, 2.05) is 60.8 Å². The number of carbonyl (C=O) groups is 2. The topological polar surface area (TPSA) is 128 Å². The lowest BCUT2D eigenvalue weighted by Gasteiger charge is -2.20. The van der Waals surface area contributed by atoms with Crippen molar-refractivity contribution in [3.8, 4) is 5.75 Å². The van der Waals surface area contributed by atoms with E-state index >= 15 is 0 Å². The zero-order chi connectivity index (χ0) is 27.2. The number of para-hydroxylation sites is 1. The molecule has 2 aromatic heterocycles. The molecule has 2 heterocycles. The minimum atomic E-state index is -0.859. The number of hydrogen-bond donors (Lipinski definition) is 3. The van der Waals surface area contributed by atoms with Gasteiger partial charge in [-0.1, -0.05) is 60.7 Å². The second-order valence-corrected chi connectivity index (χ2v) is 9.43. The number of rotatable bonds is 10. The number of aryl methyl sites for hydroxylation is 2. The molecule has 1 atom stereocenters. The number of aromatic amines is 1. The standard InChI is InChI=1S/C30H30N6O3/c1-20(37)33-27(17-21-7-3-2-4-8-21)29-35-34-28(16-13-23-18-32-26-10-6-5-9-25(23)26)36(29)19-22-11-14-24(15-12-22)39-30(31)38/h2-12,14-15,18,27,32H,13,16-17,19H2,1H3,(H2,31,38)(H,33,37)/t27-/m1/s1. The van der Waals surface area contributed by atoms with Crippen LogP contribution in [0.25, 0.3) is 10.9 Å². The van der Waals surface area contributed by atoms with Crippen molar-refractivity contribution in [3.05, 3.63) is 113 Å². The van der Waals surface area contributed by atoms with E-state index in [1.165, 1.54) is 17.9 Å². The normalized spacial score (nSPS) is 11.8. The number of carbonyl (C=O) groups excluding carboxylic acids is 2. The van der Waals surface area contributed by atoms with Crippen LogP contribution in [0.5, 0.6) is 5.75 Å². The van der Waals surface area contributed by atoms with Crippen molar-refractivity contribution >= 4 is 22.9 Å². The van der Waals surface area contributed by atoms with Gasteiger partial charge in [0.05, 0.1) is 12.6 Å². The third-order valence-corrected chi connectivity index (χ3v) is 6.60. The number of H-pyrrole nitrogens is 1. The molecule has 0 fully saturated rings. The Balaban J connectivity index is 1.47. The first kappa shape index (κ1) is 25.7. The molecule has 3 aromatic carbocycles. The number of hydrogen-bond acceptors (Lipinski definition) is 5. The number of benzene rings is 3. The largest absolute Gasteiger partial charge is 0.411 e.